The Labute approximate surface area is 120 Å². The molecule has 1 aliphatic rings. The topological polar surface area (TPSA) is 30.5 Å². The van der Waals surface area contributed by atoms with Gasteiger partial charge < -0.3 is 14.8 Å². The van der Waals surface area contributed by atoms with Gasteiger partial charge in [0.05, 0.1) is 14.2 Å². The van der Waals surface area contributed by atoms with E-state index in [9.17, 15) is 4.39 Å². The lowest BCUT2D eigenvalue weighted by Crippen LogP contribution is -2.31. The molecular formula is C16H24FNO2. The summed E-state index contributed by atoms with van der Waals surface area (Å²) < 4.78 is 24.5. The summed E-state index contributed by atoms with van der Waals surface area (Å²) in [5.74, 6) is 1.84. The molecule has 112 valence electrons. The van der Waals surface area contributed by atoms with Crippen LogP contribution in [0.2, 0.25) is 0 Å². The van der Waals surface area contributed by atoms with Crippen molar-refractivity contribution in [2.75, 3.05) is 27.3 Å². The number of ether oxygens (including phenoxy) is 2. The zero-order valence-electron chi connectivity index (χ0n) is 12.5. The van der Waals surface area contributed by atoms with Gasteiger partial charge >= 0.3 is 0 Å². The first-order valence-corrected chi connectivity index (χ1v) is 7.25. The van der Waals surface area contributed by atoms with Crippen molar-refractivity contribution in [3.8, 4) is 11.5 Å². The minimum atomic E-state index is -0.999. The molecule has 2 unspecified atom stereocenters. The van der Waals surface area contributed by atoms with Gasteiger partial charge in [-0.1, -0.05) is 0 Å². The number of hydrogen-bond donors (Lipinski definition) is 1. The lowest BCUT2D eigenvalue weighted by molar-refractivity contribution is 0.339. The Hall–Kier alpha value is -1.29. The Bertz CT molecular complexity index is 442. The number of methoxy groups -OCH3 is 2. The van der Waals surface area contributed by atoms with Crippen molar-refractivity contribution in [2.24, 2.45) is 5.92 Å². The molecule has 4 heteroatoms. The van der Waals surface area contributed by atoms with Crippen molar-refractivity contribution in [3.63, 3.8) is 0 Å². The molecule has 1 fully saturated rings. The Kier molecular flexibility index (Phi) is 5.24. The highest BCUT2D eigenvalue weighted by Crippen LogP contribution is 2.35. The maximum atomic E-state index is 13.9. The molecule has 2 atom stereocenters. The third kappa shape index (κ3) is 3.42. The predicted octanol–water partition coefficient (Wildman–Crippen LogP) is 3.28. The van der Waals surface area contributed by atoms with E-state index in [1.54, 1.807) is 27.2 Å². The van der Waals surface area contributed by atoms with Gasteiger partial charge in [0.25, 0.3) is 0 Å². The molecule has 0 saturated carbocycles. The zero-order valence-corrected chi connectivity index (χ0v) is 12.5. The molecule has 0 radical (unpaired) electrons. The van der Waals surface area contributed by atoms with Crippen molar-refractivity contribution in [1.29, 1.82) is 0 Å². The van der Waals surface area contributed by atoms with Crippen molar-refractivity contribution >= 4 is 0 Å². The van der Waals surface area contributed by atoms with Gasteiger partial charge in [-0.2, -0.15) is 0 Å². The smallest absolute Gasteiger partial charge is 0.161 e. The van der Waals surface area contributed by atoms with Gasteiger partial charge in [0.15, 0.2) is 11.5 Å². The average Bonchev–Trinajstić information content (AvgIpc) is 2.47. The fraction of sp³-hybridized carbons (Fsp3) is 0.625. The van der Waals surface area contributed by atoms with Gasteiger partial charge in [0, 0.05) is 0 Å². The normalized spacial score (nSPS) is 20.5. The van der Waals surface area contributed by atoms with E-state index in [1.165, 1.54) is 12.8 Å². The number of alkyl halides is 1. The fourth-order valence-corrected chi connectivity index (χ4v) is 2.89. The van der Waals surface area contributed by atoms with Crippen LogP contribution in [0.25, 0.3) is 0 Å². The summed E-state index contributed by atoms with van der Waals surface area (Å²) in [6.45, 7) is 3.67. The molecule has 20 heavy (non-hydrogen) atoms. The molecule has 3 nitrogen and oxygen atoms in total. The number of piperidine rings is 1. The van der Waals surface area contributed by atoms with E-state index in [2.05, 4.69) is 5.32 Å². The van der Waals surface area contributed by atoms with Crippen LogP contribution in [0.1, 0.15) is 37.1 Å². The second-order valence-corrected chi connectivity index (χ2v) is 5.44. The maximum absolute atomic E-state index is 13.9. The number of hydrogen-bond acceptors (Lipinski definition) is 3. The number of halogens is 1. The lowest BCUT2D eigenvalue weighted by atomic mass is 9.89. The van der Waals surface area contributed by atoms with Gasteiger partial charge in [0.1, 0.15) is 6.17 Å². The summed E-state index contributed by atoms with van der Waals surface area (Å²) in [7, 11) is 3.19. The molecule has 2 rings (SSSR count). The third-order valence-corrected chi connectivity index (χ3v) is 3.98. The summed E-state index contributed by atoms with van der Waals surface area (Å²) >= 11 is 0. The number of nitrogens with one attached hydrogen (secondary N) is 1. The Morgan fingerprint density at radius 3 is 2.55 bits per heavy atom. The van der Waals surface area contributed by atoms with Crippen LogP contribution in [-0.4, -0.2) is 27.3 Å². The predicted molar refractivity (Wildman–Crippen MR) is 78.4 cm³/mol. The van der Waals surface area contributed by atoms with Crippen LogP contribution in [-0.2, 0) is 6.42 Å². The van der Waals surface area contributed by atoms with Crippen molar-refractivity contribution in [2.45, 2.75) is 32.4 Å². The number of rotatable bonds is 5. The second kappa shape index (κ2) is 6.93. The zero-order chi connectivity index (χ0) is 14.5. The van der Waals surface area contributed by atoms with E-state index in [0.717, 1.165) is 25.1 Å². The Morgan fingerprint density at radius 2 is 2.00 bits per heavy atom. The van der Waals surface area contributed by atoms with Gasteiger partial charge in [-0.25, -0.2) is 4.39 Å². The minimum absolute atomic E-state index is 0.569. The molecule has 1 saturated heterocycles. The van der Waals surface area contributed by atoms with Gasteiger partial charge in [-0.05, 0) is 68.5 Å². The van der Waals surface area contributed by atoms with Crippen molar-refractivity contribution in [3.05, 3.63) is 23.3 Å². The maximum Gasteiger partial charge on any atom is 0.161 e. The molecule has 0 aromatic heterocycles. The Morgan fingerprint density at radius 1 is 1.30 bits per heavy atom. The standard InChI is InChI=1S/C16H24FNO2/c1-11(17)14-9-16(20-3)15(19-2)8-13(14)7-12-5-4-6-18-10-12/h8-9,11-12,18H,4-7,10H2,1-3H3. The van der Waals surface area contributed by atoms with Crippen LogP contribution in [0.4, 0.5) is 4.39 Å². The monoisotopic (exact) mass is 281 g/mol. The quantitative estimate of drug-likeness (QED) is 0.898. The summed E-state index contributed by atoms with van der Waals surface area (Å²) in [6.07, 6.45) is 2.28. The molecule has 1 aliphatic heterocycles. The lowest BCUT2D eigenvalue weighted by Gasteiger charge is -2.24. The summed E-state index contributed by atoms with van der Waals surface area (Å²) in [6, 6.07) is 3.70. The summed E-state index contributed by atoms with van der Waals surface area (Å²) in [4.78, 5) is 0. The van der Waals surface area contributed by atoms with Gasteiger partial charge in [-0.3, -0.25) is 0 Å². The van der Waals surface area contributed by atoms with Crippen LogP contribution in [0.15, 0.2) is 12.1 Å². The first-order chi connectivity index (χ1) is 9.65. The second-order valence-electron chi connectivity index (χ2n) is 5.44. The molecule has 0 amide bonds. The molecule has 1 N–H and O–H groups in total. The Balaban J connectivity index is 2.28. The molecule has 1 aromatic carbocycles. The molecule has 1 aromatic rings. The molecule has 0 bridgehead atoms. The molecule has 0 aliphatic carbocycles. The van der Waals surface area contributed by atoms with E-state index in [4.69, 9.17) is 9.47 Å². The van der Waals surface area contributed by atoms with Crippen molar-refractivity contribution < 1.29 is 13.9 Å². The molecule has 1 heterocycles. The summed E-state index contributed by atoms with van der Waals surface area (Å²) in [5, 5.41) is 3.41. The van der Waals surface area contributed by atoms with Crippen LogP contribution in [0.3, 0.4) is 0 Å². The largest absolute Gasteiger partial charge is 0.493 e. The number of benzene rings is 1. The van der Waals surface area contributed by atoms with E-state index < -0.39 is 6.17 Å². The highest BCUT2D eigenvalue weighted by atomic mass is 19.1. The van der Waals surface area contributed by atoms with Crippen LogP contribution in [0.5, 0.6) is 11.5 Å². The van der Waals surface area contributed by atoms with Crippen molar-refractivity contribution in [1.82, 2.24) is 5.32 Å². The van der Waals surface area contributed by atoms with Gasteiger partial charge in [-0.15, -0.1) is 0 Å². The SMILES string of the molecule is COc1cc(CC2CCCNC2)c(C(C)F)cc1OC. The minimum Gasteiger partial charge on any atom is -0.493 e. The van der Waals surface area contributed by atoms with Crippen LogP contribution in [0, 0.1) is 5.92 Å². The fourth-order valence-electron chi connectivity index (χ4n) is 2.89. The van der Waals surface area contributed by atoms with Crippen LogP contribution < -0.4 is 14.8 Å². The highest BCUT2D eigenvalue weighted by molar-refractivity contribution is 5.48. The molecule has 0 spiro atoms. The van der Waals surface area contributed by atoms with E-state index in [0.29, 0.717) is 23.0 Å². The van der Waals surface area contributed by atoms with E-state index in [-0.39, 0.29) is 0 Å². The van der Waals surface area contributed by atoms with E-state index >= 15 is 0 Å². The first kappa shape index (κ1) is 15.1. The average molecular weight is 281 g/mol. The van der Waals surface area contributed by atoms with Gasteiger partial charge in [0.2, 0.25) is 0 Å². The summed E-state index contributed by atoms with van der Waals surface area (Å²) in [5.41, 5.74) is 1.75. The van der Waals surface area contributed by atoms with Crippen LogP contribution >= 0.6 is 0 Å². The molecular weight excluding hydrogens is 257 g/mol. The highest BCUT2D eigenvalue weighted by Gasteiger charge is 2.20. The van der Waals surface area contributed by atoms with E-state index in [1.807, 2.05) is 6.07 Å². The first-order valence-electron chi connectivity index (χ1n) is 7.25. The third-order valence-electron chi connectivity index (χ3n) is 3.98.